The Morgan fingerprint density at radius 3 is 2.54 bits per heavy atom. The maximum absolute atomic E-state index is 9.90. The van der Waals surface area contributed by atoms with Gasteiger partial charge in [-0.15, -0.1) is 0 Å². The molecule has 70 valence electrons. The Bertz CT molecular complexity index is 327. The lowest BCUT2D eigenvalue weighted by Gasteiger charge is -2.12. The fourth-order valence-electron chi connectivity index (χ4n) is 1.67. The number of rotatable bonds is 2. The minimum Gasteiger partial charge on any atom is -0.497 e. The van der Waals surface area contributed by atoms with Crippen molar-refractivity contribution in [1.82, 2.24) is 0 Å². The minimum atomic E-state index is -0.531. The van der Waals surface area contributed by atoms with Crippen molar-refractivity contribution < 1.29 is 9.84 Å². The third kappa shape index (κ3) is 1.42. The molecule has 0 heterocycles. The topological polar surface area (TPSA) is 29.5 Å². The lowest BCUT2D eigenvalue weighted by atomic mass is 10.0. The van der Waals surface area contributed by atoms with E-state index in [1.54, 1.807) is 7.11 Å². The van der Waals surface area contributed by atoms with Gasteiger partial charge >= 0.3 is 0 Å². The summed E-state index contributed by atoms with van der Waals surface area (Å²) in [7, 11) is 1.65. The van der Waals surface area contributed by atoms with Crippen LogP contribution in [0.15, 0.2) is 18.2 Å². The van der Waals surface area contributed by atoms with Gasteiger partial charge in [0.25, 0.3) is 0 Å². The van der Waals surface area contributed by atoms with E-state index < -0.39 is 5.60 Å². The molecule has 1 aromatic carbocycles. The first-order valence-electron chi connectivity index (χ1n) is 4.53. The van der Waals surface area contributed by atoms with Crippen LogP contribution >= 0.6 is 0 Å². The summed E-state index contributed by atoms with van der Waals surface area (Å²) in [5.74, 6) is 0.852. The molecule has 0 unspecified atom stereocenters. The molecule has 13 heavy (non-hydrogen) atoms. The molecule has 2 nitrogen and oxygen atoms in total. The second-order valence-corrected chi connectivity index (χ2v) is 3.71. The van der Waals surface area contributed by atoms with Crippen LogP contribution in [0.5, 0.6) is 5.75 Å². The molecule has 0 saturated heterocycles. The molecule has 2 rings (SSSR count). The molecule has 0 amide bonds. The highest BCUT2D eigenvalue weighted by molar-refractivity contribution is 5.40. The number of benzene rings is 1. The molecule has 1 aliphatic rings. The summed E-state index contributed by atoms with van der Waals surface area (Å²) in [5, 5.41) is 9.90. The van der Waals surface area contributed by atoms with Crippen LogP contribution in [0.2, 0.25) is 0 Å². The lowest BCUT2D eigenvalue weighted by molar-refractivity contribution is 0.150. The maximum atomic E-state index is 9.90. The summed E-state index contributed by atoms with van der Waals surface area (Å²) < 4.78 is 5.10. The average molecular weight is 178 g/mol. The zero-order chi connectivity index (χ0) is 9.47. The highest BCUT2D eigenvalue weighted by Gasteiger charge is 2.42. The van der Waals surface area contributed by atoms with Gasteiger partial charge in [-0.3, -0.25) is 0 Å². The van der Waals surface area contributed by atoms with Crippen LogP contribution in [0.25, 0.3) is 0 Å². The molecule has 0 bridgehead atoms. The Morgan fingerprint density at radius 2 is 2.08 bits per heavy atom. The number of aliphatic hydroxyl groups is 1. The summed E-state index contributed by atoms with van der Waals surface area (Å²) in [6, 6.07) is 5.82. The molecule has 1 aliphatic carbocycles. The zero-order valence-corrected chi connectivity index (χ0v) is 8.00. The van der Waals surface area contributed by atoms with Gasteiger partial charge in [-0.1, -0.05) is 6.07 Å². The van der Waals surface area contributed by atoms with Crippen LogP contribution in [-0.4, -0.2) is 12.2 Å². The Balaban J connectivity index is 2.38. The van der Waals surface area contributed by atoms with Crippen molar-refractivity contribution in [2.75, 3.05) is 7.11 Å². The average Bonchev–Trinajstić information content (AvgIpc) is 2.84. The van der Waals surface area contributed by atoms with Gasteiger partial charge in [-0.05, 0) is 43.0 Å². The minimum absolute atomic E-state index is 0.531. The molecule has 0 aromatic heterocycles. The largest absolute Gasteiger partial charge is 0.497 e. The van der Waals surface area contributed by atoms with Crippen LogP contribution in [-0.2, 0) is 5.60 Å². The SMILES string of the molecule is COc1ccc(C2(O)CC2)c(C)c1. The molecular weight excluding hydrogens is 164 g/mol. The summed E-state index contributed by atoms with van der Waals surface area (Å²) in [5.41, 5.74) is 1.63. The molecule has 2 heteroatoms. The van der Waals surface area contributed by atoms with Crippen molar-refractivity contribution >= 4 is 0 Å². The summed E-state index contributed by atoms with van der Waals surface area (Å²) in [6.07, 6.45) is 1.78. The Hall–Kier alpha value is -1.02. The molecular formula is C11H14O2. The van der Waals surface area contributed by atoms with E-state index in [-0.39, 0.29) is 0 Å². The fraction of sp³-hybridized carbons (Fsp3) is 0.455. The monoisotopic (exact) mass is 178 g/mol. The van der Waals surface area contributed by atoms with E-state index >= 15 is 0 Å². The van der Waals surface area contributed by atoms with Crippen LogP contribution < -0.4 is 4.74 Å². The molecule has 0 spiro atoms. The van der Waals surface area contributed by atoms with E-state index in [1.807, 2.05) is 25.1 Å². The summed E-state index contributed by atoms with van der Waals surface area (Å²) in [6.45, 7) is 2.01. The summed E-state index contributed by atoms with van der Waals surface area (Å²) in [4.78, 5) is 0. The molecule has 1 saturated carbocycles. The Kier molecular flexibility index (Phi) is 1.81. The predicted molar refractivity (Wildman–Crippen MR) is 50.9 cm³/mol. The predicted octanol–water partition coefficient (Wildman–Crippen LogP) is 1.99. The fourth-order valence-corrected chi connectivity index (χ4v) is 1.67. The van der Waals surface area contributed by atoms with Gasteiger partial charge < -0.3 is 9.84 Å². The van der Waals surface area contributed by atoms with Crippen molar-refractivity contribution in [3.8, 4) is 5.75 Å². The quantitative estimate of drug-likeness (QED) is 0.750. The highest BCUT2D eigenvalue weighted by Crippen LogP contribution is 2.46. The third-order valence-electron chi connectivity index (χ3n) is 2.66. The summed E-state index contributed by atoms with van der Waals surface area (Å²) >= 11 is 0. The normalized spacial score (nSPS) is 18.4. The van der Waals surface area contributed by atoms with Crippen molar-refractivity contribution in [2.24, 2.45) is 0 Å². The van der Waals surface area contributed by atoms with Crippen LogP contribution in [0.3, 0.4) is 0 Å². The lowest BCUT2D eigenvalue weighted by Crippen LogP contribution is -2.06. The molecule has 1 fully saturated rings. The van der Waals surface area contributed by atoms with Gasteiger partial charge in [-0.2, -0.15) is 0 Å². The Morgan fingerprint density at radius 1 is 1.38 bits per heavy atom. The molecule has 0 atom stereocenters. The smallest absolute Gasteiger partial charge is 0.119 e. The second kappa shape index (κ2) is 2.74. The van der Waals surface area contributed by atoms with Crippen molar-refractivity contribution in [3.05, 3.63) is 29.3 Å². The van der Waals surface area contributed by atoms with E-state index in [0.29, 0.717) is 0 Å². The number of methoxy groups -OCH3 is 1. The molecule has 0 radical (unpaired) electrons. The Labute approximate surface area is 78.2 Å². The van der Waals surface area contributed by atoms with Gasteiger partial charge in [0.1, 0.15) is 5.75 Å². The zero-order valence-electron chi connectivity index (χ0n) is 8.00. The van der Waals surface area contributed by atoms with E-state index in [1.165, 1.54) is 0 Å². The van der Waals surface area contributed by atoms with Crippen LogP contribution in [0.4, 0.5) is 0 Å². The van der Waals surface area contributed by atoms with E-state index in [4.69, 9.17) is 4.74 Å². The van der Waals surface area contributed by atoms with Gasteiger partial charge in [0.05, 0.1) is 12.7 Å². The highest BCUT2D eigenvalue weighted by atomic mass is 16.5. The van der Waals surface area contributed by atoms with Crippen molar-refractivity contribution in [1.29, 1.82) is 0 Å². The number of hydrogen-bond donors (Lipinski definition) is 1. The number of ether oxygens (including phenoxy) is 1. The van der Waals surface area contributed by atoms with Gasteiger partial charge in [0, 0.05) is 0 Å². The number of aryl methyl sites for hydroxylation is 1. The van der Waals surface area contributed by atoms with E-state index in [0.717, 1.165) is 29.7 Å². The van der Waals surface area contributed by atoms with Crippen molar-refractivity contribution in [3.63, 3.8) is 0 Å². The molecule has 0 aliphatic heterocycles. The first-order chi connectivity index (χ1) is 6.15. The molecule has 1 aromatic rings. The second-order valence-electron chi connectivity index (χ2n) is 3.71. The van der Waals surface area contributed by atoms with Crippen molar-refractivity contribution in [2.45, 2.75) is 25.4 Å². The number of hydrogen-bond acceptors (Lipinski definition) is 2. The third-order valence-corrected chi connectivity index (χ3v) is 2.66. The van der Waals surface area contributed by atoms with Gasteiger partial charge in [0.2, 0.25) is 0 Å². The first kappa shape index (κ1) is 8.57. The van der Waals surface area contributed by atoms with Crippen LogP contribution in [0, 0.1) is 6.92 Å². The standard InChI is InChI=1S/C11H14O2/c1-8-7-9(13-2)3-4-10(8)11(12)5-6-11/h3-4,7,12H,5-6H2,1-2H3. The molecule has 1 N–H and O–H groups in total. The first-order valence-corrected chi connectivity index (χ1v) is 4.53. The van der Waals surface area contributed by atoms with E-state index in [9.17, 15) is 5.11 Å². The van der Waals surface area contributed by atoms with E-state index in [2.05, 4.69) is 0 Å². The van der Waals surface area contributed by atoms with Crippen LogP contribution in [0.1, 0.15) is 24.0 Å². The maximum Gasteiger partial charge on any atom is 0.119 e. The van der Waals surface area contributed by atoms with Gasteiger partial charge in [-0.25, -0.2) is 0 Å². The van der Waals surface area contributed by atoms with Gasteiger partial charge in [0.15, 0.2) is 0 Å².